The molecule has 1 atom stereocenters. The molecule has 1 heterocycles. The van der Waals surface area contributed by atoms with E-state index in [-0.39, 0.29) is 0 Å². The average Bonchev–Trinajstić information content (AvgIpc) is 2.59. The van der Waals surface area contributed by atoms with Crippen LogP contribution in [0.2, 0.25) is 5.02 Å². The lowest BCUT2D eigenvalue weighted by Gasteiger charge is -2.15. The minimum atomic E-state index is 0.333. The Morgan fingerprint density at radius 3 is 3.00 bits per heavy atom. The van der Waals surface area contributed by atoms with Gasteiger partial charge < -0.3 is 5.32 Å². The summed E-state index contributed by atoms with van der Waals surface area (Å²) in [6, 6.07) is 2.28. The van der Waals surface area contributed by atoms with Gasteiger partial charge in [0, 0.05) is 10.9 Å². The van der Waals surface area contributed by atoms with E-state index in [9.17, 15) is 0 Å². The Morgan fingerprint density at radius 2 is 2.50 bits per heavy atom. The van der Waals surface area contributed by atoms with Gasteiger partial charge in [0.2, 0.25) is 0 Å². The summed E-state index contributed by atoms with van der Waals surface area (Å²) < 4.78 is 0. The van der Waals surface area contributed by atoms with Gasteiger partial charge in [-0.1, -0.05) is 24.6 Å². The molecule has 0 aliphatic rings. The molecule has 0 saturated carbocycles. The fourth-order valence-electron chi connectivity index (χ4n) is 1.32. The first-order valence-corrected chi connectivity index (χ1v) is 6.12. The molecule has 1 N–H and O–H groups in total. The van der Waals surface area contributed by atoms with Gasteiger partial charge in [0.15, 0.2) is 0 Å². The lowest BCUT2D eigenvalue weighted by atomic mass is 10.1. The quantitative estimate of drug-likeness (QED) is 0.727. The van der Waals surface area contributed by atoms with Gasteiger partial charge in [-0.15, -0.1) is 17.9 Å². The van der Waals surface area contributed by atoms with Crippen LogP contribution in [0.3, 0.4) is 0 Å². The van der Waals surface area contributed by atoms with Gasteiger partial charge in [0.1, 0.15) is 0 Å². The van der Waals surface area contributed by atoms with Crippen LogP contribution in [-0.2, 0) is 0 Å². The third-order valence-corrected chi connectivity index (χ3v) is 3.48. The first-order chi connectivity index (χ1) is 6.79. The van der Waals surface area contributed by atoms with Gasteiger partial charge in [0.25, 0.3) is 0 Å². The number of nitrogens with one attached hydrogen (secondary N) is 1. The summed E-state index contributed by atoms with van der Waals surface area (Å²) in [6.45, 7) is 6.95. The van der Waals surface area contributed by atoms with Crippen LogP contribution >= 0.6 is 22.9 Å². The smallest absolute Gasteiger partial charge is 0.0561 e. The van der Waals surface area contributed by atoms with Crippen LogP contribution in [0.5, 0.6) is 0 Å². The third kappa shape index (κ3) is 3.12. The van der Waals surface area contributed by atoms with Crippen molar-refractivity contribution >= 4 is 22.9 Å². The summed E-state index contributed by atoms with van der Waals surface area (Å²) in [4.78, 5) is 1.22. The zero-order chi connectivity index (χ0) is 10.4. The van der Waals surface area contributed by atoms with Crippen molar-refractivity contribution in [1.82, 2.24) is 5.32 Å². The second kappa shape index (κ2) is 6.23. The van der Waals surface area contributed by atoms with Crippen LogP contribution < -0.4 is 5.32 Å². The number of thiophene rings is 1. The topological polar surface area (TPSA) is 12.0 Å². The van der Waals surface area contributed by atoms with E-state index in [1.165, 1.54) is 4.88 Å². The van der Waals surface area contributed by atoms with Crippen molar-refractivity contribution in [2.24, 2.45) is 0 Å². The highest BCUT2D eigenvalue weighted by atomic mass is 35.5. The Kier molecular flexibility index (Phi) is 5.23. The van der Waals surface area contributed by atoms with Crippen LogP contribution in [0.25, 0.3) is 0 Å². The van der Waals surface area contributed by atoms with Gasteiger partial charge >= 0.3 is 0 Å². The molecule has 1 nitrogen and oxygen atoms in total. The van der Waals surface area contributed by atoms with Crippen molar-refractivity contribution in [3.63, 3.8) is 0 Å². The molecule has 0 aliphatic heterocycles. The molecule has 0 bridgehead atoms. The Morgan fingerprint density at radius 1 is 1.71 bits per heavy atom. The Balaban J connectivity index is 2.66. The van der Waals surface area contributed by atoms with E-state index >= 15 is 0 Å². The fourth-order valence-corrected chi connectivity index (χ4v) is 2.60. The fraction of sp³-hybridized carbons (Fsp3) is 0.455. The van der Waals surface area contributed by atoms with Crippen molar-refractivity contribution in [3.05, 3.63) is 34.0 Å². The molecule has 0 aromatic carbocycles. The minimum absolute atomic E-state index is 0.333. The van der Waals surface area contributed by atoms with E-state index < -0.39 is 0 Å². The number of hydrogen-bond acceptors (Lipinski definition) is 2. The first kappa shape index (κ1) is 11.8. The van der Waals surface area contributed by atoms with Crippen LogP contribution in [-0.4, -0.2) is 6.54 Å². The summed E-state index contributed by atoms with van der Waals surface area (Å²) in [7, 11) is 0. The van der Waals surface area contributed by atoms with Crippen LogP contribution in [0, 0.1) is 0 Å². The summed E-state index contributed by atoms with van der Waals surface area (Å²) in [6.07, 6.45) is 4.00. The molecule has 0 radical (unpaired) electrons. The third-order valence-electron chi connectivity index (χ3n) is 2.00. The van der Waals surface area contributed by atoms with Crippen molar-refractivity contribution in [1.29, 1.82) is 0 Å². The Bertz CT molecular complexity index is 283. The molecule has 0 spiro atoms. The van der Waals surface area contributed by atoms with Gasteiger partial charge in [-0.2, -0.15) is 0 Å². The zero-order valence-corrected chi connectivity index (χ0v) is 10.00. The largest absolute Gasteiger partial charge is 0.309 e. The molecular weight excluding hydrogens is 214 g/mol. The van der Waals surface area contributed by atoms with Crippen molar-refractivity contribution in [2.75, 3.05) is 6.54 Å². The van der Waals surface area contributed by atoms with E-state index in [1.807, 2.05) is 17.5 Å². The van der Waals surface area contributed by atoms with Gasteiger partial charge in [-0.3, -0.25) is 0 Å². The Hall–Kier alpha value is -0.310. The van der Waals surface area contributed by atoms with E-state index in [1.54, 1.807) is 11.3 Å². The predicted octanol–water partition coefficient (Wildman–Crippen LogP) is 4.02. The molecule has 0 aliphatic carbocycles. The number of halogens is 1. The molecule has 1 unspecified atom stereocenters. The zero-order valence-electron chi connectivity index (χ0n) is 8.42. The second-order valence-corrected chi connectivity index (χ2v) is 4.52. The normalized spacial score (nSPS) is 12.7. The monoisotopic (exact) mass is 229 g/mol. The molecular formula is C11H16ClNS. The van der Waals surface area contributed by atoms with Crippen molar-refractivity contribution in [3.8, 4) is 0 Å². The van der Waals surface area contributed by atoms with Crippen LogP contribution in [0.1, 0.15) is 30.7 Å². The summed E-state index contributed by atoms with van der Waals surface area (Å²) in [5.41, 5.74) is 0. The molecule has 78 valence electrons. The molecule has 3 heteroatoms. The first-order valence-electron chi connectivity index (χ1n) is 4.86. The maximum atomic E-state index is 6.09. The Labute approximate surface area is 94.8 Å². The standard InChI is InChI=1S/C11H16ClNS/c1-3-5-10(13-7-4-2)11-9(12)6-8-14-11/h3,6,8,10,13H,1,4-5,7H2,2H3. The predicted molar refractivity (Wildman–Crippen MR) is 65.2 cm³/mol. The van der Waals surface area contributed by atoms with E-state index in [0.29, 0.717) is 6.04 Å². The van der Waals surface area contributed by atoms with Crippen molar-refractivity contribution in [2.45, 2.75) is 25.8 Å². The van der Waals surface area contributed by atoms with Gasteiger partial charge in [0.05, 0.1) is 5.02 Å². The molecule has 1 aromatic heterocycles. The van der Waals surface area contributed by atoms with Crippen LogP contribution in [0.4, 0.5) is 0 Å². The van der Waals surface area contributed by atoms with Gasteiger partial charge in [-0.25, -0.2) is 0 Å². The maximum Gasteiger partial charge on any atom is 0.0561 e. The lowest BCUT2D eigenvalue weighted by Crippen LogP contribution is -2.20. The highest BCUT2D eigenvalue weighted by Crippen LogP contribution is 2.30. The van der Waals surface area contributed by atoms with E-state index in [2.05, 4.69) is 18.8 Å². The second-order valence-electron chi connectivity index (χ2n) is 3.16. The minimum Gasteiger partial charge on any atom is -0.309 e. The SMILES string of the molecule is C=CCC(NCCC)c1sccc1Cl. The number of rotatable bonds is 6. The number of hydrogen-bond donors (Lipinski definition) is 1. The van der Waals surface area contributed by atoms with Gasteiger partial charge in [-0.05, 0) is 30.8 Å². The van der Waals surface area contributed by atoms with Crippen molar-refractivity contribution < 1.29 is 0 Å². The summed E-state index contributed by atoms with van der Waals surface area (Å²) in [5.74, 6) is 0. The highest BCUT2D eigenvalue weighted by Gasteiger charge is 2.13. The van der Waals surface area contributed by atoms with E-state index in [0.717, 1.165) is 24.4 Å². The summed E-state index contributed by atoms with van der Waals surface area (Å²) in [5, 5.41) is 6.36. The molecule has 1 rings (SSSR count). The maximum absolute atomic E-state index is 6.09. The van der Waals surface area contributed by atoms with Crippen LogP contribution in [0.15, 0.2) is 24.1 Å². The summed E-state index contributed by atoms with van der Waals surface area (Å²) >= 11 is 7.79. The van der Waals surface area contributed by atoms with E-state index in [4.69, 9.17) is 11.6 Å². The highest BCUT2D eigenvalue weighted by molar-refractivity contribution is 7.10. The molecule has 0 saturated heterocycles. The lowest BCUT2D eigenvalue weighted by molar-refractivity contribution is 0.545. The molecule has 0 amide bonds. The molecule has 1 aromatic rings. The average molecular weight is 230 g/mol. The molecule has 14 heavy (non-hydrogen) atoms. The molecule has 0 fully saturated rings.